The van der Waals surface area contributed by atoms with E-state index in [0.29, 0.717) is 26.1 Å². The predicted molar refractivity (Wildman–Crippen MR) is 68.9 cm³/mol. The van der Waals surface area contributed by atoms with Gasteiger partial charge in [-0.2, -0.15) is 0 Å². The van der Waals surface area contributed by atoms with Crippen LogP contribution in [0.4, 0.5) is 0 Å². The average molecular weight is 252 g/mol. The van der Waals surface area contributed by atoms with Crippen LogP contribution in [0.3, 0.4) is 0 Å². The van der Waals surface area contributed by atoms with Gasteiger partial charge in [0.05, 0.1) is 13.0 Å². The standard InChI is InChI=1S/C14H20O4/c1-3-18-9-8-12(14(15)16)10-11-4-6-13(17-2)7-5-11/h4-7,12H,3,8-10H2,1-2H3,(H,15,16). The van der Waals surface area contributed by atoms with Crippen LogP contribution in [0.1, 0.15) is 18.9 Å². The summed E-state index contributed by atoms with van der Waals surface area (Å²) < 4.78 is 10.3. The number of carbonyl (C=O) groups is 1. The number of aliphatic carboxylic acids is 1. The van der Waals surface area contributed by atoms with Gasteiger partial charge in [0, 0.05) is 13.2 Å². The molecule has 0 aromatic heterocycles. The van der Waals surface area contributed by atoms with Gasteiger partial charge in [-0.25, -0.2) is 0 Å². The molecular weight excluding hydrogens is 232 g/mol. The van der Waals surface area contributed by atoms with Crippen LogP contribution in [0, 0.1) is 5.92 Å². The molecule has 4 nitrogen and oxygen atoms in total. The zero-order valence-electron chi connectivity index (χ0n) is 10.9. The lowest BCUT2D eigenvalue weighted by Crippen LogP contribution is -2.18. The molecule has 1 atom stereocenters. The van der Waals surface area contributed by atoms with Gasteiger partial charge in [-0.15, -0.1) is 0 Å². The van der Waals surface area contributed by atoms with Gasteiger partial charge in [0.15, 0.2) is 0 Å². The van der Waals surface area contributed by atoms with Crippen molar-refractivity contribution in [1.29, 1.82) is 0 Å². The Bertz CT molecular complexity index is 359. The van der Waals surface area contributed by atoms with Crippen LogP contribution in [0.25, 0.3) is 0 Å². The van der Waals surface area contributed by atoms with Gasteiger partial charge in [0.1, 0.15) is 5.75 Å². The van der Waals surface area contributed by atoms with Crippen molar-refractivity contribution in [3.8, 4) is 5.75 Å². The topological polar surface area (TPSA) is 55.8 Å². The first-order valence-corrected chi connectivity index (χ1v) is 6.10. The summed E-state index contributed by atoms with van der Waals surface area (Å²) in [5.74, 6) is -0.393. The monoisotopic (exact) mass is 252 g/mol. The van der Waals surface area contributed by atoms with E-state index in [-0.39, 0.29) is 0 Å². The van der Waals surface area contributed by atoms with E-state index >= 15 is 0 Å². The highest BCUT2D eigenvalue weighted by molar-refractivity contribution is 5.70. The molecular formula is C14H20O4. The highest BCUT2D eigenvalue weighted by Crippen LogP contribution is 2.17. The summed E-state index contributed by atoms with van der Waals surface area (Å²) in [5.41, 5.74) is 1.000. The molecule has 0 amide bonds. The highest BCUT2D eigenvalue weighted by atomic mass is 16.5. The maximum absolute atomic E-state index is 11.1. The van der Waals surface area contributed by atoms with Crippen molar-refractivity contribution in [3.05, 3.63) is 29.8 Å². The van der Waals surface area contributed by atoms with Gasteiger partial charge in [-0.3, -0.25) is 4.79 Å². The first kappa shape index (κ1) is 14.5. The minimum Gasteiger partial charge on any atom is -0.497 e. The molecule has 0 heterocycles. The summed E-state index contributed by atoms with van der Waals surface area (Å²) in [7, 11) is 1.61. The van der Waals surface area contributed by atoms with Crippen molar-refractivity contribution in [3.63, 3.8) is 0 Å². The normalized spacial score (nSPS) is 12.1. The highest BCUT2D eigenvalue weighted by Gasteiger charge is 2.17. The maximum atomic E-state index is 11.1. The fourth-order valence-electron chi connectivity index (χ4n) is 1.73. The zero-order valence-corrected chi connectivity index (χ0v) is 10.9. The number of ether oxygens (including phenoxy) is 2. The number of carboxylic acid groups (broad SMARTS) is 1. The second-order valence-electron chi connectivity index (χ2n) is 4.07. The molecule has 1 rings (SSSR count). The van der Waals surface area contributed by atoms with Crippen molar-refractivity contribution >= 4 is 5.97 Å². The van der Waals surface area contributed by atoms with E-state index in [1.807, 2.05) is 31.2 Å². The molecule has 4 heteroatoms. The smallest absolute Gasteiger partial charge is 0.306 e. The number of rotatable bonds is 8. The predicted octanol–water partition coefficient (Wildman–Crippen LogP) is 2.37. The number of benzene rings is 1. The molecule has 0 saturated heterocycles. The van der Waals surface area contributed by atoms with Gasteiger partial charge in [0.25, 0.3) is 0 Å². The summed E-state index contributed by atoms with van der Waals surface area (Å²) in [4.78, 5) is 11.1. The summed E-state index contributed by atoms with van der Waals surface area (Å²) in [6.45, 7) is 3.01. The Hall–Kier alpha value is -1.55. The number of hydrogen-bond donors (Lipinski definition) is 1. The Kier molecular flexibility index (Phi) is 6.22. The third kappa shape index (κ3) is 4.75. The fraction of sp³-hybridized carbons (Fsp3) is 0.500. The second kappa shape index (κ2) is 7.71. The van der Waals surface area contributed by atoms with Crippen LogP contribution in [-0.2, 0) is 16.0 Å². The molecule has 0 bridgehead atoms. The first-order chi connectivity index (χ1) is 8.67. The summed E-state index contributed by atoms with van der Waals surface area (Å²) >= 11 is 0. The van der Waals surface area contributed by atoms with Crippen molar-refractivity contribution in [2.45, 2.75) is 19.8 Å². The van der Waals surface area contributed by atoms with Crippen LogP contribution in [0.5, 0.6) is 5.75 Å². The first-order valence-electron chi connectivity index (χ1n) is 6.10. The second-order valence-corrected chi connectivity index (χ2v) is 4.07. The number of carboxylic acids is 1. The summed E-state index contributed by atoms with van der Waals surface area (Å²) in [5, 5.41) is 9.15. The van der Waals surface area contributed by atoms with Crippen LogP contribution >= 0.6 is 0 Å². The molecule has 0 saturated carbocycles. The lowest BCUT2D eigenvalue weighted by molar-refractivity contribution is -0.142. The van der Waals surface area contributed by atoms with E-state index in [0.717, 1.165) is 11.3 Å². The van der Waals surface area contributed by atoms with Crippen molar-refractivity contribution in [2.24, 2.45) is 5.92 Å². The minimum absolute atomic E-state index is 0.398. The van der Waals surface area contributed by atoms with Gasteiger partial charge >= 0.3 is 5.97 Å². The van der Waals surface area contributed by atoms with Gasteiger partial charge < -0.3 is 14.6 Å². The van der Waals surface area contributed by atoms with E-state index in [1.54, 1.807) is 7.11 Å². The van der Waals surface area contributed by atoms with Gasteiger partial charge in [-0.1, -0.05) is 12.1 Å². The average Bonchev–Trinajstić information content (AvgIpc) is 2.38. The summed E-state index contributed by atoms with van der Waals surface area (Å²) in [6, 6.07) is 7.48. The third-order valence-corrected chi connectivity index (χ3v) is 2.81. The summed E-state index contributed by atoms with van der Waals surface area (Å²) in [6.07, 6.45) is 1.06. The third-order valence-electron chi connectivity index (χ3n) is 2.81. The molecule has 0 spiro atoms. The molecule has 1 aromatic rings. The fourth-order valence-corrected chi connectivity index (χ4v) is 1.73. The largest absolute Gasteiger partial charge is 0.497 e. The van der Waals surface area contributed by atoms with Gasteiger partial charge in [-0.05, 0) is 37.5 Å². The molecule has 0 aliphatic carbocycles. The molecule has 1 aromatic carbocycles. The van der Waals surface area contributed by atoms with Crippen LogP contribution in [0.15, 0.2) is 24.3 Å². The van der Waals surface area contributed by atoms with E-state index in [4.69, 9.17) is 14.6 Å². The molecule has 1 N–H and O–H groups in total. The van der Waals surface area contributed by atoms with Crippen LogP contribution in [0.2, 0.25) is 0 Å². The Morgan fingerprint density at radius 3 is 2.50 bits per heavy atom. The van der Waals surface area contributed by atoms with Crippen molar-refractivity contribution < 1.29 is 19.4 Å². The molecule has 0 aliphatic heterocycles. The molecule has 0 fully saturated rings. The maximum Gasteiger partial charge on any atom is 0.306 e. The molecule has 0 aliphatic rings. The molecule has 1 unspecified atom stereocenters. The van der Waals surface area contributed by atoms with E-state index in [2.05, 4.69) is 0 Å². The Morgan fingerprint density at radius 2 is 2.00 bits per heavy atom. The zero-order chi connectivity index (χ0) is 13.4. The Balaban J connectivity index is 2.56. The quantitative estimate of drug-likeness (QED) is 0.722. The Labute approximate surface area is 108 Å². The molecule has 18 heavy (non-hydrogen) atoms. The van der Waals surface area contributed by atoms with Gasteiger partial charge in [0.2, 0.25) is 0 Å². The molecule has 0 radical (unpaired) electrons. The Morgan fingerprint density at radius 1 is 1.33 bits per heavy atom. The number of hydrogen-bond acceptors (Lipinski definition) is 3. The van der Waals surface area contributed by atoms with Crippen molar-refractivity contribution in [2.75, 3.05) is 20.3 Å². The van der Waals surface area contributed by atoms with E-state index in [1.165, 1.54) is 0 Å². The van der Waals surface area contributed by atoms with E-state index < -0.39 is 11.9 Å². The number of methoxy groups -OCH3 is 1. The lowest BCUT2D eigenvalue weighted by atomic mass is 9.96. The lowest BCUT2D eigenvalue weighted by Gasteiger charge is -2.12. The SMILES string of the molecule is CCOCCC(Cc1ccc(OC)cc1)C(=O)O. The molecule has 100 valence electrons. The van der Waals surface area contributed by atoms with Crippen LogP contribution < -0.4 is 4.74 Å². The van der Waals surface area contributed by atoms with E-state index in [9.17, 15) is 4.79 Å². The van der Waals surface area contributed by atoms with Crippen molar-refractivity contribution in [1.82, 2.24) is 0 Å². The minimum atomic E-state index is -0.773. The van der Waals surface area contributed by atoms with Crippen LogP contribution in [-0.4, -0.2) is 31.4 Å².